The van der Waals surface area contributed by atoms with Crippen molar-refractivity contribution in [1.29, 1.82) is 0 Å². The monoisotopic (exact) mass is 352 g/mol. The normalized spacial score (nSPS) is 23.5. The van der Waals surface area contributed by atoms with Gasteiger partial charge in [-0.2, -0.15) is 0 Å². The molecule has 9 heteroatoms. The number of hydrogen-bond acceptors (Lipinski definition) is 4. The van der Waals surface area contributed by atoms with E-state index in [4.69, 9.17) is 0 Å². The number of nitrogens with one attached hydrogen (secondary N) is 3. The van der Waals surface area contributed by atoms with Crippen LogP contribution in [-0.4, -0.2) is 55.0 Å². The second kappa shape index (κ2) is 7.14. The molecule has 0 aromatic heterocycles. The maximum atomic E-state index is 13.5. The molecule has 2 atom stereocenters. The molecule has 7 nitrogen and oxygen atoms in total. The maximum absolute atomic E-state index is 13.5. The lowest BCUT2D eigenvalue weighted by atomic mass is 9.86. The molecule has 2 heterocycles. The summed E-state index contributed by atoms with van der Waals surface area (Å²) in [4.78, 5) is 36.0. The van der Waals surface area contributed by atoms with Crippen molar-refractivity contribution in [3.63, 3.8) is 0 Å². The Bertz CT molecular complexity index is 713. The average molecular weight is 352 g/mol. The number of piperidine rings is 1. The molecule has 4 amide bonds. The molecular weight excluding hydrogens is 334 g/mol. The molecule has 2 aliphatic rings. The van der Waals surface area contributed by atoms with Crippen LogP contribution >= 0.6 is 0 Å². The van der Waals surface area contributed by atoms with E-state index < -0.39 is 29.5 Å². The Morgan fingerprint density at radius 2 is 2.08 bits per heavy atom. The van der Waals surface area contributed by atoms with Gasteiger partial charge in [-0.15, -0.1) is 0 Å². The van der Waals surface area contributed by atoms with Gasteiger partial charge in [-0.3, -0.25) is 14.9 Å². The van der Waals surface area contributed by atoms with Gasteiger partial charge in [0.25, 0.3) is 0 Å². The fraction of sp³-hybridized carbons (Fsp3) is 0.438. The van der Waals surface area contributed by atoms with Gasteiger partial charge in [0.05, 0.1) is 0 Å². The Morgan fingerprint density at radius 1 is 1.28 bits per heavy atom. The Balaban J connectivity index is 1.66. The van der Waals surface area contributed by atoms with Gasteiger partial charge in [0, 0.05) is 18.5 Å². The number of halogens is 2. The van der Waals surface area contributed by atoms with E-state index in [1.54, 1.807) is 0 Å². The number of hydrogen-bond donors (Lipinski definition) is 3. The first-order chi connectivity index (χ1) is 11.9. The summed E-state index contributed by atoms with van der Waals surface area (Å²) in [5, 5.41) is 8.06. The van der Waals surface area contributed by atoms with E-state index in [-0.39, 0.29) is 25.0 Å². The molecule has 1 aromatic carbocycles. The highest BCUT2D eigenvalue weighted by atomic mass is 19.2. The lowest BCUT2D eigenvalue weighted by Gasteiger charge is -2.33. The summed E-state index contributed by atoms with van der Waals surface area (Å²) in [5.41, 5.74) is 0.611. The number of benzene rings is 1. The number of amides is 4. The first-order valence-corrected chi connectivity index (χ1v) is 7.98. The van der Waals surface area contributed by atoms with Gasteiger partial charge in [-0.25, -0.2) is 13.6 Å². The summed E-state index contributed by atoms with van der Waals surface area (Å²) in [6, 6.07) is 2.81. The van der Waals surface area contributed by atoms with E-state index in [0.717, 1.165) is 17.0 Å². The van der Waals surface area contributed by atoms with Crippen molar-refractivity contribution in [2.75, 3.05) is 26.2 Å². The predicted octanol–water partition coefficient (Wildman–Crippen LogP) is 0.0783. The van der Waals surface area contributed by atoms with Gasteiger partial charge in [0.1, 0.15) is 13.1 Å². The topological polar surface area (TPSA) is 90.5 Å². The van der Waals surface area contributed by atoms with Gasteiger partial charge in [0.2, 0.25) is 11.8 Å². The van der Waals surface area contributed by atoms with E-state index in [2.05, 4.69) is 16.0 Å². The van der Waals surface area contributed by atoms with Crippen molar-refractivity contribution >= 4 is 17.8 Å². The second-order valence-electron chi connectivity index (χ2n) is 6.16. The molecule has 3 N–H and O–H groups in total. The quantitative estimate of drug-likeness (QED) is 0.670. The predicted molar refractivity (Wildman–Crippen MR) is 83.6 cm³/mol. The van der Waals surface area contributed by atoms with E-state index >= 15 is 0 Å². The van der Waals surface area contributed by atoms with Crippen LogP contribution in [0.4, 0.5) is 13.6 Å². The number of rotatable bonds is 4. The Morgan fingerprint density at radius 3 is 2.76 bits per heavy atom. The molecule has 134 valence electrons. The third-order valence-corrected chi connectivity index (χ3v) is 4.40. The van der Waals surface area contributed by atoms with Crippen molar-refractivity contribution in [3.8, 4) is 0 Å². The highest BCUT2D eigenvalue weighted by Crippen LogP contribution is 2.27. The van der Waals surface area contributed by atoms with Gasteiger partial charge in [-0.1, -0.05) is 6.07 Å². The zero-order valence-corrected chi connectivity index (χ0v) is 13.4. The fourth-order valence-corrected chi connectivity index (χ4v) is 3.19. The molecule has 0 radical (unpaired) electrons. The molecule has 2 fully saturated rings. The molecule has 2 unspecified atom stereocenters. The van der Waals surface area contributed by atoms with E-state index in [9.17, 15) is 23.2 Å². The van der Waals surface area contributed by atoms with Crippen LogP contribution in [0.15, 0.2) is 18.2 Å². The molecular formula is C16H18F2N4O3. The fourth-order valence-electron chi connectivity index (χ4n) is 3.19. The number of carbonyl (C=O) groups is 3. The number of imide groups is 1. The molecule has 1 aromatic rings. The smallest absolute Gasteiger partial charge is 0.325 e. The minimum atomic E-state index is -0.923. The standard InChI is InChI=1S/C16H18F2N4O3/c17-11-2-1-9(5-12(11)18)10-3-4-19-6-13(10)20-14(23)7-22-8-15(24)21-16(22)25/h1-2,5,10,13,19H,3-4,6-8H2,(H,20,23)(H,21,24,25). The average Bonchev–Trinajstić information content (AvgIpc) is 2.88. The van der Waals surface area contributed by atoms with Crippen LogP contribution in [0.2, 0.25) is 0 Å². The van der Waals surface area contributed by atoms with Crippen molar-refractivity contribution in [2.24, 2.45) is 0 Å². The van der Waals surface area contributed by atoms with Crippen LogP contribution in [0.5, 0.6) is 0 Å². The van der Waals surface area contributed by atoms with Crippen molar-refractivity contribution in [1.82, 2.24) is 20.9 Å². The maximum Gasteiger partial charge on any atom is 0.325 e. The van der Waals surface area contributed by atoms with Gasteiger partial charge in [0.15, 0.2) is 11.6 Å². The van der Waals surface area contributed by atoms with E-state index in [1.807, 2.05) is 0 Å². The summed E-state index contributed by atoms with van der Waals surface area (Å²) >= 11 is 0. The van der Waals surface area contributed by atoms with Crippen LogP contribution in [0.3, 0.4) is 0 Å². The zero-order valence-electron chi connectivity index (χ0n) is 13.4. The van der Waals surface area contributed by atoms with Crippen molar-refractivity contribution < 1.29 is 23.2 Å². The molecule has 0 aliphatic carbocycles. The highest BCUT2D eigenvalue weighted by Gasteiger charge is 2.31. The Labute approximate surface area is 142 Å². The highest BCUT2D eigenvalue weighted by molar-refractivity contribution is 6.03. The minimum Gasteiger partial charge on any atom is -0.350 e. The first-order valence-electron chi connectivity index (χ1n) is 7.98. The van der Waals surface area contributed by atoms with Gasteiger partial charge in [-0.05, 0) is 30.7 Å². The van der Waals surface area contributed by atoms with Crippen LogP contribution in [0.1, 0.15) is 17.9 Å². The van der Waals surface area contributed by atoms with Crippen LogP contribution in [-0.2, 0) is 9.59 Å². The van der Waals surface area contributed by atoms with Crippen LogP contribution in [0.25, 0.3) is 0 Å². The first kappa shape index (κ1) is 17.3. The van der Waals surface area contributed by atoms with Crippen molar-refractivity contribution in [3.05, 3.63) is 35.4 Å². The lowest BCUT2D eigenvalue weighted by Crippen LogP contribution is -2.52. The van der Waals surface area contributed by atoms with E-state index in [1.165, 1.54) is 6.07 Å². The Kier molecular flexibility index (Phi) is 4.93. The number of urea groups is 1. The largest absolute Gasteiger partial charge is 0.350 e. The molecule has 0 spiro atoms. The van der Waals surface area contributed by atoms with Gasteiger partial charge >= 0.3 is 6.03 Å². The molecule has 3 rings (SSSR count). The van der Waals surface area contributed by atoms with Crippen LogP contribution < -0.4 is 16.0 Å². The van der Waals surface area contributed by atoms with E-state index in [0.29, 0.717) is 25.1 Å². The SMILES string of the molecule is O=C1CN(CC(=O)NC2CNCCC2c2ccc(F)c(F)c2)C(=O)N1. The minimum absolute atomic E-state index is 0.151. The summed E-state index contributed by atoms with van der Waals surface area (Å²) < 4.78 is 26.7. The van der Waals surface area contributed by atoms with Gasteiger partial charge < -0.3 is 15.5 Å². The molecule has 0 saturated carbocycles. The zero-order chi connectivity index (χ0) is 18.0. The van der Waals surface area contributed by atoms with Crippen LogP contribution in [0, 0.1) is 11.6 Å². The second-order valence-corrected chi connectivity index (χ2v) is 6.16. The third kappa shape index (κ3) is 3.93. The summed E-state index contributed by atoms with van der Waals surface area (Å²) in [6.45, 7) is 0.778. The molecule has 0 bridgehead atoms. The number of carbonyl (C=O) groups excluding carboxylic acids is 3. The summed E-state index contributed by atoms with van der Waals surface area (Å²) in [5.74, 6) is -2.87. The molecule has 2 aliphatic heterocycles. The summed E-state index contributed by atoms with van der Waals surface area (Å²) in [6.07, 6.45) is 0.651. The molecule has 25 heavy (non-hydrogen) atoms. The molecule has 2 saturated heterocycles. The van der Waals surface area contributed by atoms with Crippen molar-refractivity contribution in [2.45, 2.75) is 18.4 Å². The summed E-state index contributed by atoms with van der Waals surface area (Å²) in [7, 11) is 0. The number of nitrogens with zero attached hydrogens (tertiary/aromatic N) is 1. The third-order valence-electron chi connectivity index (χ3n) is 4.40. The lowest BCUT2D eigenvalue weighted by molar-refractivity contribution is -0.122. The Hall–Kier alpha value is -2.55.